The van der Waals surface area contributed by atoms with Crippen LogP contribution in [0.2, 0.25) is 0 Å². The van der Waals surface area contributed by atoms with Crippen molar-refractivity contribution in [1.29, 1.82) is 0 Å². The lowest BCUT2D eigenvalue weighted by Gasteiger charge is -2.28. The molecule has 1 aliphatic heterocycles. The van der Waals surface area contributed by atoms with Gasteiger partial charge in [-0.3, -0.25) is 4.79 Å². The van der Waals surface area contributed by atoms with Gasteiger partial charge in [-0.1, -0.05) is 0 Å². The van der Waals surface area contributed by atoms with Crippen LogP contribution in [0.15, 0.2) is 54.9 Å². The Morgan fingerprint density at radius 1 is 1.07 bits per heavy atom. The van der Waals surface area contributed by atoms with Crippen LogP contribution >= 0.6 is 0 Å². The smallest absolute Gasteiger partial charge is 0.251 e. The topological polar surface area (TPSA) is 84.3 Å². The number of hydrogen-bond acceptors (Lipinski definition) is 6. The van der Waals surface area contributed by atoms with Crippen LogP contribution in [0.3, 0.4) is 0 Å². The van der Waals surface area contributed by atoms with E-state index in [9.17, 15) is 4.79 Å². The van der Waals surface area contributed by atoms with Crippen LogP contribution in [0.5, 0.6) is 0 Å². The van der Waals surface area contributed by atoms with Gasteiger partial charge in [0.15, 0.2) is 0 Å². The van der Waals surface area contributed by atoms with E-state index in [1.807, 2.05) is 66.3 Å². The third-order valence-electron chi connectivity index (χ3n) is 4.91. The largest absolute Gasteiger partial charge is 0.378 e. The number of morpholine rings is 1. The zero-order chi connectivity index (χ0) is 20.8. The van der Waals surface area contributed by atoms with Gasteiger partial charge in [-0.05, 0) is 43.3 Å². The van der Waals surface area contributed by atoms with Gasteiger partial charge in [-0.15, -0.1) is 0 Å². The van der Waals surface area contributed by atoms with Crippen molar-refractivity contribution in [2.45, 2.75) is 6.92 Å². The lowest BCUT2D eigenvalue weighted by Crippen LogP contribution is -2.37. The molecule has 30 heavy (non-hydrogen) atoms. The number of amides is 1. The molecule has 1 amide bonds. The number of hydrogen-bond donors (Lipinski definition) is 2. The Hall–Kier alpha value is -3.39. The summed E-state index contributed by atoms with van der Waals surface area (Å²) in [5, 5.41) is 6.21. The standard InChI is InChI=1S/C22H26N6O2/c1-17-25-20(16-21(26-17)28-12-14-30-15-13-28)23-8-9-24-22(29)18-4-6-19(7-5-18)27-10-2-3-11-27/h2-7,10-11,16H,8-9,12-15H2,1H3,(H,24,29)(H,23,25,26). The fraction of sp³-hybridized carbons (Fsp3) is 0.318. The van der Waals surface area contributed by atoms with Crippen LogP contribution in [-0.2, 0) is 4.74 Å². The number of carbonyl (C=O) groups is 1. The highest BCUT2D eigenvalue weighted by Gasteiger charge is 2.14. The second-order valence-corrected chi connectivity index (χ2v) is 7.08. The summed E-state index contributed by atoms with van der Waals surface area (Å²) < 4.78 is 7.40. The Bertz CT molecular complexity index is 966. The highest BCUT2D eigenvalue weighted by molar-refractivity contribution is 5.94. The summed E-state index contributed by atoms with van der Waals surface area (Å²) in [6.45, 7) is 6.03. The van der Waals surface area contributed by atoms with E-state index >= 15 is 0 Å². The average Bonchev–Trinajstić information content (AvgIpc) is 3.32. The summed E-state index contributed by atoms with van der Waals surface area (Å²) in [5.74, 6) is 2.28. The Morgan fingerprint density at radius 2 is 1.80 bits per heavy atom. The number of nitrogens with zero attached hydrogens (tertiary/aromatic N) is 4. The zero-order valence-electron chi connectivity index (χ0n) is 17.0. The van der Waals surface area contributed by atoms with E-state index in [1.165, 1.54) is 0 Å². The molecule has 0 spiro atoms. The molecule has 2 N–H and O–H groups in total. The van der Waals surface area contributed by atoms with Crippen molar-refractivity contribution in [2.24, 2.45) is 0 Å². The predicted molar refractivity (Wildman–Crippen MR) is 116 cm³/mol. The third kappa shape index (κ3) is 4.96. The first kappa shape index (κ1) is 19.9. The Morgan fingerprint density at radius 3 is 2.53 bits per heavy atom. The summed E-state index contributed by atoms with van der Waals surface area (Å²) in [7, 11) is 0. The molecule has 1 aliphatic rings. The van der Waals surface area contributed by atoms with E-state index in [2.05, 4.69) is 25.5 Å². The molecule has 1 fully saturated rings. The Kier molecular flexibility index (Phi) is 6.24. The van der Waals surface area contributed by atoms with Crippen molar-refractivity contribution in [1.82, 2.24) is 19.9 Å². The van der Waals surface area contributed by atoms with Crippen LogP contribution in [0, 0.1) is 6.92 Å². The molecular weight excluding hydrogens is 380 g/mol. The van der Waals surface area contributed by atoms with Gasteiger partial charge >= 0.3 is 0 Å². The van der Waals surface area contributed by atoms with E-state index in [0.29, 0.717) is 37.7 Å². The molecule has 0 aliphatic carbocycles. The molecule has 0 radical (unpaired) electrons. The molecule has 8 heteroatoms. The van der Waals surface area contributed by atoms with E-state index in [4.69, 9.17) is 4.74 Å². The summed E-state index contributed by atoms with van der Waals surface area (Å²) in [5.41, 5.74) is 1.66. The second kappa shape index (κ2) is 9.41. The van der Waals surface area contributed by atoms with Gasteiger partial charge in [-0.2, -0.15) is 0 Å². The third-order valence-corrected chi connectivity index (χ3v) is 4.91. The average molecular weight is 406 g/mol. The first-order chi connectivity index (χ1) is 14.7. The second-order valence-electron chi connectivity index (χ2n) is 7.08. The number of ether oxygens (including phenoxy) is 1. The van der Waals surface area contributed by atoms with Gasteiger partial charge in [0.1, 0.15) is 17.5 Å². The first-order valence-electron chi connectivity index (χ1n) is 10.1. The van der Waals surface area contributed by atoms with Crippen molar-refractivity contribution < 1.29 is 9.53 Å². The summed E-state index contributed by atoms with van der Waals surface area (Å²) >= 11 is 0. The van der Waals surface area contributed by atoms with E-state index in [-0.39, 0.29) is 5.91 Å². The normalized spacial score (nSPS) is 13.8. The predicted octanol–water partition coefficient (Wildman–Crippen LogP) is 2.25. The minimum Gasteiger partial charge on any atom is -0.378 e. The maximum Gasteiger partial charge on any atom is 0.251 e. The zero-order valence-corrected chi connectivity index (χ0v) is 17.0. The molecule has 0 atom stereocenters. The van der Waals surface area contributed by atoms with Crippen molar-refractivity contribution in [3.63, 3.8) is 0 Å². The summed E-state index contributed by atoms with van der Waals surface area (Å²) in [4.78, 5) is 23.5. The quantitative estimate of drug-likeness (QED) is 0.586. The lowest BCUT2D eigenvalue weighted by molar-refractivity contribution is 0.0955. The highest BCUT2D eigenvalue weighted by atomic mass is 16.5. The molecule has 3 aromatic rings. The highest BCUT2D eigenvalue weighted by Crippen LogP contribution is 2.17. The summed E-state index contributed by atoms with van der Waals surface area (Å²) in [6.07, 6.45) is 3.94. The number of anilines is 2. The molecule has 8 nitrogen and oxygen atoms in total. The molecule has 3 heterocycles. The number of benzene rings is 1. The number of aromatic nitrogens is 3. The maximum absolute atomic E-state index is 12.4. The van der Waals surface area contributed by atoms with E-state index in [1.54, 1.807) is 0 Å². The minimum atomic E-state index is -0.0938. The van der Waals surface area contributed by atoms with Gasteiger partial charge in [0.05, 0.1) is 13.2 Å². The lowest BCUT2D eigenvalue weighted by atomic mass is 10.2. The van der Waals surface area contributed by atoms with Gasteiger partial charge in [0.2, 0.25) is 0 Å². The molecule has 156 valence electrons. The number of carbonyl (C=O) groups excluding carboxylic acids is 1. The van der Waals surface area contributed by atoms with Gasteiger partial charge in [0, 0.05) is 55.9 Å². The van der Waals surface area contributed by atoms with Crippen molar-refractivity contribution in [3.8, 4) is 5.69 Å². The molecule has 1 saturated heterocycles. The minimum absolute atomic E-state index is 0.0938. The van der Waals surface area contributed by atoms with Crippen LogP contribution < -0.4 is 15.5 Å². The van der Waals surface area contributed by atoms with E-state index in [0.717, 1.165) is 30.4 Å². The van der Waals surface area contributed by atoms with Crippen molar-refractivity contribution in [2.75, 3.05) is 49.6 Å². The van der Waals surface area contributed by atoms with Gasteiger partial charge < -0.3 is 24.8 Å². The van der Waals surface area contributed by atoms with Crippen LogP contribution in [-0.4, -0.2) is 59.8 Å². The Balaban J connectivity index is 1.27. The molecular formula is C22H26N6O2. The van der Waals surface area contributed by atoms with Crippen molar-refractivity contribution >= 4 is 17.5 Å². The summed E-state index contributed by atoms with van der Waals surface area (Å²) in [6, 6.07) is 13.4. The molecule has 2 aromatic heterocycles. The molecule has 0 unspecified atom stereocenters. The SMILES string of the molecule is Cc1nc(NCCNC(=O)c2ccc(-n3cccc3)cc2)cc(N2CCOCC2)n1. The van der Waals surface area contributed by atoms with Crippen molar-refractivity contribution in [3.05, 3.63) is 66.2 Å². The van der Waals surface area contributed by atoms with Gasteiger partial charge in [0.25, 0.3) is 5.91 Å². The van der Waals surface area contributed by atoms with E-state index < -0.39 is 0 Å². The molecule has 0 saturated carbocycles. The van der Waals surface area contributed by atoms with Crippen LogP contribution in [0.1, 0.15) is 16.2 Å². The monoisotopic (exact) mass is 406 g/mol. The fourth-order valence-corrected chi connectivity index (χ4v) is 3.36. The fourth-order valence-electron chi connectivity index (χ4n) is 3.36. The number of aryl methyl sites for hydroxylation is 1. The molecule has 1 aromatic carbocycles. The molecule has 0 bridgehead atoms. The number of nitrogens with one attached hydrogen (secondary N) is 2. The van der Waals surface area contributed by atoms with Gasteiger partial charge in [-0.25, -0.2) is 9.97 Å². The Labute approximate surface area is 175 Å². The maximum atomic E-state index is 12.4. The van der Waals surface area contributed by atoms with Crippen LogP contribution in [0.4, 0.5) is 11.6 Å². The number of rotatable bonds is 7. The van der Waals surface area contributed by atoms with Crippen LogP contribution in [0.25, 0.3) is 5.69 Å². The first-order valence-corrected chi connectivity index (χ1v) is 10.1. The molecule has 4 rings (SSSR count).